The second-order valence-electron chi connectivity index (χ2n) is 6.18. The van der Waals surface area contributed by atoms with Gasteiger partial charge in [0.25, 0.3) is 0 Å². The maximum atomic E-state index is 6.13. The molecular weight excluding hydrogens is 264 g/mol. The molecule has 4 heteroatoms. The highest BCUT2D eigenvalue weighted by atomic mass is 16.5. The molecule has 1 aromatic rings. The van der Waals surface area contributed by atoms with Crippen molar-refractivity contribution in [3.8, 4) is 5.75 Å². The Morgan fingerprint density at radius 1 is 1.19 bits per heavy atom. The summed E-state index contributed by atoms with van der Waals surface area (Å²) < 4.78 is 11.5. The fourth-order valence-corrected chi connectivity index (χ4v) is 3.19. The number of nitrogens with two attached hydrogens (primary N) is 1. The summed E-state index contributed by atoms with van der Waals surface area (Å²) in [5.74, 6) is 1.62. The van der Waals surface area contributed by atoms with Crippen molar-refractivity contribution in [2.75, 3.05) is 37.8 Å². The van der Waals surface area contributed by atoms with Gasteiger partial charge in [-0.3, -0.25) is 0 Å². The van der Waals surface area contributed by atoms with Crippen molar-refractivity contribution in [3.63, 3.8) is 0 Å². The molecule has 3 rings (SSSR count). The number of anilines is 1. The molecule has 2 fully saturated rings. The van der Waals surface area contributed by atoms with Crippen LogP contribution in [-0.4, -0.2) is 39.0 Å². The molecule has 2 aliphatic rings. The summed E-state index contributed by atoms with van der Waals surface area (Å²) in [6.45, 7) is 4.54. The molecule has 0 saturated carbocycles. The minimum atomic E-state index is 0.280. The van der Waals surface area contributed by atoms with Gasteiger partial charge in [-0.15, -0.1) is 0 Å². The molecule has 0 bridgehead atoms. The predicted molar refractivity (Wildman–Crippen MR) is 84.9 cm³/mol. The second-order valence-corrected chi connectivity index (χ2v) is 6.18. The van der Waals surface area contributed by atoms with Gasteiger partial charge in [0, 0.05) is 32.3 Å². The third-order valence-corrected chi connectivity index (χ3v) is 4.48. The lowest BCUT2D eigenvalue weighted by Crippen LogP contribution is -2.43. The first kappa shape index (κ1) is 14.7. The summed E-state index contributed by atoms with van der Waals surface area (Å²) in [6, 6.07) is 8.64. The lowest BCUT2D eigenvalue weighted by Gasteiger charge is -2.34. The zero-order valence-corrected chi connectivity index (χ0v) is 12.7. The molecule has 0 spiro atoms. The van der Waals surface area contributed by atoms with Crippen LogP contribution in [0.1, 0.15) is 25.7 Å². The minimum absolute atomic E-state index is 0.280. The topological polar surface area (TPSA) is 47.7 Å². The summed E-state index contributed by atoms with van der Waals surface area (Å²) >= 11 is 0. The van der Waals surface area contributed by atoms with Crippen molar-refractivity contribution in [1.29, 1.82) is 0 Å². The van der Waals surface area contributed by atoms with E-state index in [4.69, 9.17) is 15.2 Å². The number of benzene rings is 1. The molecule has 116 valence electrons. The summed E-state index contributed by atoms with van der Waals surface area (Å²) in [5, 5.41) is 0. The number of ether oxygens (including phenoxy) is 2. The molecule has 2 heterocycles. The van der Waals surface area contributed by atoms with E-state index in [1.165, 1.54) is 5.69 Å². The Balaban J connectivity index is 1.64. The summed E-state index contributed by atoms with van der Waals surface area (Å²) in [4.78, 5) is 2.37. The summed E-state index contributed by atoms with van der Waals surface area (Å²) in [5.41, 5.74) is 7.30. The van der Waals surface area contributed by atoms with E-state index < -0.39 is 0 Å². The Labute approximate surface area is 127 Å². The van der Waals surface area contributed by atoms with Crippen molar-refractivity contribution in [2.45, 2.75) is 31.7 Å². The van der Waals surface area contributed by atoms with E-state index in [0.29, 0.717) is 5.92 Å². The predicted octanol–water partition coefficient (Wildman–Crippen LogP) is 2.42. The zero-order chi connectivity index (χ0) is 14.5. The third-order valence-electron chi connectivity index (χ3n) is 4.48. The van der Waals surface area contributed by atoms with Crippen LogP contribution in [0, 0.1) is 5.92 Å². The number of rotatable bonds is 4. The molecule has 2 aliphatic heterocycles. The molecule has 0 aliphatic carbocycles. The van der Waals surface area contributed by atoms with Crippen molar-refractivity contribution >= 4 is 5.69 Å². The van der Waals surface area contributed by atoms with E-state index >= 15 is 0 Å². The largest absolute Gasteiger partial charge is 0.491 e. The average molecular weight is 290 g/mol. The van der Waals surface area contributed by atoms with Gasteiger partial charge in [0.05, 0.1) is 12.3 Å². The first-order valence-electron chi connectivity index (χ1n) is 8.13. The van der Waals surface area contributed by atoms with E-state index in [9.17, 15) is 0 Å². The molecule has 4 nitrogen and oxygen atoms in total. The van der Waals surface area contributed by atoms with E-state index in [2.05, 4.69) is 23.1 Å². The summed E-state index contributed by atoms with van der Waals surface area (Å²) in [7, 11) is 0. The van der Waals surface area contributed by atoms with Crippen LogP contribution in [0.3, 0.4) is 0 Å². The fourth-order valence-electron chi connectivity index (χ4n) is 3.19. The smallest absolute Gasteiger partial charge is 0.142 e. The first-order chi connectivity index (χ1) is 10.3. The number of hydrogen-bond donors (Lipinski definition) is 1. The van der Waals surface area contributed by atoms with Gasteiger partial charge in [-0.25, -0.2) is 0 Å². The maximum Gasteiger partial charge on any atom is 0.142 e. The van der Waals surface area contributed by atoms with Crippen LogP contribution in [0.2, 0.25) is 0 Å². The van der Waals surface area contributed by atoms with E-state index in [0.717, 1.165) is 64.3 Å². The third kappa shape index (κ3) is 3.89. The Bertz CT molecular complexity index is 446. The zero-order valence-electron chi connectivity index (χ0n) is 12.7. The first-order valence-corrected chi connectivity index (χ1v) is 8.13. The Kier molecular flexibility index (Phi) is 4.99. The molecular formula is C17H26N2O2. The average Bonchev–Trinajstić information content (AvgIpc) is 2.54. The van der Waals surface area contributed by atoms with Crippen molar-refractivity contribution < 1.29 is 9.47 Å². The Morgan fingerprint density at radius 3 is 2.81 bits per heavy atom. The molecule has 0 radical (unpaired) electrons. The van der Waals surface area contributed by atoms with Crippen LogP contribution in [0.15, 0.2) is 24.3 Å². The lowest BCUT2D eigenvalue weighted by atomic mass is 10.0. The number of nitrogens with zero attached hydrogens (tertiary/aromatic N) is 1. The highest BCUT2D eigenvalue weighted by molar-refractivity contribution is 5.58. The maximum absolute atomic E-state index is 6.13. The molecule has 1 unspecified atom stereocenters. The molecule has 1 atom stereocenters. The molecule has 21 heavy (non-hydrogen) atoms. The standard InChI is InChI=1S/C17H26N2O2/c18-15-4-3-9-19(12-15)16-5-1-2-6-17(16)21-13-14-7-10-20-11-8-14/h1-2,5-6,14-15H,3-4,7-13,18H2. The van der Waals surface area contributed by atoms with Gasteiger partial charge >= 0.3 is 0 Å². The monoisotopic (exact) mass is 290 g/mol. The number of piperidine rings is 1. The SMILES string of the molecule is NC1CCCN(c2ccccc2OCC2CCOCC2)C1. The molecule has 0 aromatic heterocycles. The van der Waals surface area contributed by atoms with Crippen LogP contribution in [-0.2, 0) is 4.74 Å². The van der Waals surface area contributed by atoms with Gasteiger partial charge in [0.1, 0.15) is 5.75 Å². The summed E-state index contributed by atoms with van der Waals surface area (Å²) in [6.07, 6.45) is 4.50. The second kappa shape index (κ2) is 7.14. The fraction of sp³-hybridized carbons (Fsp3) is 0.647. The van der Waals surface area contributed by atoms with E-state index in [1.54, 1.807) is 0 Å². The highest BCUT2D eigenvalue weighted by Crippen LogP contribution is 2.31. The molecule has 2 saturated heterocycles. The number of hydrogen-bond acceptors (Lipinski definition) is 4. The Morgan fingerprint density at radius 2 is 2.00 bits per heavy atom. The van der Waals surface area contributed by atoms with Gasteiger partial charge in [-0.1, -0.05) is 12.1 Å². The van der Waals surface area contributed by atoms with Crippen LogP contribution in [0.5, 0.6) is 5.75 Å². The van der Waals surface area contributed by atoms with Crippen LogP contribution < -0.4 is 15.4 Å². The van der Waals surface area contributed by atoms with Gasteiger partial charge in [0.15, 0.2) is 0 Å². The van der Waals surface area contributed by atoms with Crippen molar-refractivity contribution in [1.82, 2.24) is 0 Å². The van der Waals surface area contributed by atoms with Crippen LogP contribution in [0.4, 0.5) is 5.69 Å². The van der Waals surface area contributed by atoms with Gasteiger partial charge in [-0.2, -0.15) is 0 Å². The normalized spacial score (nSPS) is 24.0. The molecule has 0 amide bonds. The lowest BCUT2D eigenvalue weighted by molar-refractivity contribution is 0.0498. The highest BCUT2D eigenvalue weighted by Gasteiger charge is 2.20. The quantitative estimate of drug-likeness (QED) is 0.925. The van der Waals surface area contributed by atoms with Gasteiger partial charge in [-0.05, 0) is 43.7 Å². The van der Waals surface area contributed by atoms with Crippen molar-refractivity contribution in [3.05, 3.63) is 24.3 Å². The number of para-hydroxylation sites is 2. The van der Waals surface area contributed by atoms with Gasteiger partial charge < -0.3 is 20.1 Å². The van der Waals surface area contributed by atoms with E-state index in [-0.39, 0.29) is 6.04 Å². The van der Waals surface area contributed by atoms with E-state index in [1.807, 2.05) is 6.07 Å². The Hall–Kier alpha value is -1.26. The van der Waals surface area contributed by atoms with Crippen LogP contribution in [0.25, 0.3) is 0 Å². The van der Waals surface area contributed by atoms with Gasteiger partial charge in [0.2, 0.25) is 0 Å². The van der Waals surface area contributed by atoms with Crippen molar-refractivity contribution in [2.24, 2.45) is 11.7 Å². The molecule has 2 N–H and O–H groups in total. The van der Waals surface area contributed by atoms with Crippen LogP contribution >= 0.6 is 0 Å². The molecule has 1 aromatic carbocycles. The minimum Gasteiger partial charge on any atom is -0.491 e.